The van der Waals surface area contributed by atoms with Gasteiger partial charge in [0.05, 0.1) is 5.52 Å². The van der Waals surface area contributed by atoms with Crippen LogP contribution in [0.3, 0.4) is 0 Å². The summed E-state index contributed by atoms with van der Waals surface area (Å²) in [6.45, 7) is 0. The Bertz CT molecular complexity index is 926. The Kier molecular flexibility index (Phi) is 4.90. The lowest BCUT2D eigenvalue weighted by atomic mass is 9.90. The van der Waals surface area contributed by atoms with E-state index < -0.39 is 0 Å². The maximum Gasteiger partial charge on any atom is 0.272 e. The largest absolute Gasteiger partial charge is 0.348 e. The van der Waals surface area contributed by atoms with E-state index in [4.69, 9.17) is 0 Å². The summed E-state index contributed by atoms with van der Waals surface area (Å²) >= 11 is 0. The number of benzene rings is 1. The van der Waals surface area contributed by atoms with Gasteiger partial charge in [-0.05, 0) is 63.5 Å². The maximum absolute atomic E-state index is 12.8. The molecule has 6 nitrogen and oxygen atoms in total. The van der Waals surface area contributed by atoms with E-state index in [0.29, 0.717) is 11.7 Å². The van der Waals surface area contributed by atoms with Crippen LogP contribution < -0.4 is 5.32 Å². The Hall–Kier alpha value is -2.73. The number of hydrogen-bond donors (Lipinski definition) is 2. The van der Waals surface area contributed by atoms with E-state index in [0.717, 1.165) is 47.7 Å². The van der Waals surface area contributed by atoms with Gasteiger partial charge in [-0.1, -0.05) is 12.1 Å². The third-order valence-electron chi connectivity index (χ3n) is 5.54. The van der Waals surface area contributed by atoms with Crippen LogP contribution in [0.1, 0.15) is 36.2 Å². The summed E-state index contributed by atoms with van der Waals surface area (Å²) < 4.78 is 0. The van der Waals surface area contributed by atoms with Gasteiger partial charge >= 0.3 is 0 Å². The first-order chi connectivity index (χ1) is 13.1. The Morgan fingerprint density at radius 3 is 2.67 bits per heavy atom. The first kappa shape index (κ1) is 17.7. The zero-order chi connectivity index (χ0) is 18.8. The highest BCUT2D eigenvalue weighted by molar-refractivity contribution is 6.05. The van der Waals surface area contributed by atoms with Crippen LogP contribution in [0.5, 0.6) is 0 Å². The summed E-state index contributed by atoms with van der Waals surface area (Å²) in [5.74, 6) is -0.0992. The molecule has 0 radical (unpaired) electrons. The number of rotatable bonds is 4. The highest BCUT2D eigenvalue weighted by Crippen LogP contribution is 2.26. The Labute approximate surface area is 159 Å². The van der Waals surface area contributed by atoms with Crippen molar-refractivity contribution in [1.29, 1.82) is 0 Å². The molecule has 1 aromatic carbocycles. The maximum atomic E-state index is 12.8. The number of nitrogens with zero attached hydrogens (tertiary/aromatic N) is 3. The second-order valence-corrected chi connectivity index (χ2v) is 7.52. The number of aromatic amines is 1. The van der Waals surface area contributed by atoms with Gasteiger partial charge in [0, 0.05) is 35.4 Å². The van der Waals surface area contributed by atoms with E-state index in [1.165, 1.54) is 0 Å². The first-order valence-electron chi connectivity index (χ1n) is 9.47. The lowest BCUT2D eigenvalue weighted by Crippen LogP contribution is -2.41. The highest BCUT2D eigenvalue weighted by Gasteiger charge is 2.25. The van der Waals surface area contributed by atoms with Gasteiger partial charge < -0.3 is 10.2 Å². The molecule has 27 heavy (non-hydrogen) atoms. The number of nitrogens with one attached hydrogen (secondary N) is 2. The summed E-state index contributed by atoms with van der Waals surface area (Å²) in [5, 5.41) is 11.3. The van der Waals surface area contributed by atoms with Gasteiger partial charge in [0.1, 0.15) is 0 Å². The van der Waals surface area contributed by atoms with E-state index in [2.05, 4.69) is 39.5 Å². The average molecular weight is 363 g/mol. The predicted molar refractivity (Wildman–Crippen MR) is 107 cm³/mol. The molecule has 0 aliphatic heterocycles. The zero-order valence-electron chi connectivity index (χ0n) is 15.8. The van der Waals surface area contributed by atoms with Gasteiger partial charge in [0.15, 0.2) is 5.69 Å². The topological polar surface area (TPSA) is 73.9 Å². The van der Waals surface area contributed by atoms with Gasteiger partial charge in [0.25, 0.3) is 5.91 Å². The van der Waals surface area contributed by atoms with Crippen molar-refractivity contribution in [3.63, 3.8) is 0 Å². The molecule has 140 valence electrons. The van der Waals surface area contributed by atoms with Crippen LogP contribution in [-0.4, -0.2) is 52.2 Å². The summed E-state index contributed by atoms with van der Waals surface area (Å²) in [5.41, 5.74) is 3.38. The first-order valence-corrected chi connectivity index (χ1v) is 9.47. The molecule has 2 aromatic heterocycles. The van der Waals surface area contributed by atoms with E-state index in [-0.39, 0.29) is 11.9 Å². The molecule has 0 atom stereocenters. The molecule has 0 spiro atoms. The summed E-state index contributed by atoms with van der Waals surface area (Å²) in [7, 11) is 4.25. The van der Waals surface area contributed by atoms with E-state index in [9.17, 15) is 4.79 Å². The number of fused-ring (bicyclic) bond motifs is 1. The number of aromatic nitrogens is 3. The third-order valence-corrected chi connectivity index (χ3v) is 5.54. The van der Waals surface area contributed by atoms with Crippen molar-refractivity contribution in [2.75, 3.05) is 14.1 Å². The van der Waals surface area contributed by atoms with Crippen LogP contribution in [0.15, 0.2) is 42.7 Å². The SMILES string of the molecule is CN(C)[C@H]1CC[C@@H](NC(=O)c2n[nH]c3ccc(-c4cccnc4)cc23)CC1. The van der Waals surface area contributed by atoms with Crippen LogP contribution in [0, 0.1) is 0 Å². The molecule has 4 rings (SSSR count). The molecular formula is C21H25N5O. The van der Waals surface area contributed by atoms with Crippen molar-refractivity contribution in [1.82, 2.24) is 25.4 Å². The molecule has 1 amide bonds. The smallest absolute Gasteiger partial charge is 0.272 e. The van der Waals surface area contributed by atoms with Gasteiger partial charge in [-0.2, -0.15) is 5.10 Å². The molecule has 1 aliphatic rings. The number of H-pyrrole nitrogens is 1. The molecular weight excluding hydrogens is 338 g/mol. The fourth-order valence-corrected chi connectivity index (χ4v) is 3.89. The molecule has 1 aliphatic carbocycles. The molecule has 2 N–H and O–H groups in total. The molecule has 2 heterocycles. The van der Waals surface area contributed by atoms with Crippen molar-refractivity contribution in [3.8, 4) is 11.1 Å². The number of hydrogen-bond acceptors (Lipinski definition) is 4. The van der Waals surface area contributed by atoms with Crippen molar-refractivity contribution in [3.05, 3.63) is 48.4 Å². The Balaban J connectivity index is 1.52. The summed E-state index contributed by atoms with van der Waals surface area (Å²) in [6, 6.07) is 10.7. The van der Waals surface area contributed by atoms with E-state index in [1.807, 2.05) is 36.5 Å². The summed E-state index contributed by atoms with van der Waals surface area (Å²) in [6.07, 6.45) is 7.83. The van der Waals surface area contributed by atoms with Crippen molar-refractivity contribution in [2.24, 2.45) is 0 Å². The Morgan fingerprint density at radius 2 is 1.96 bits per heavy atom. The van der Waals surface area contributed by atoms with Gasteiger partial charge in [-0.15, -0.1) is 0 Å². The molecule has 1 saturated carbocycles. The number of carbonyl (C=O) groups is 1. The molecule has 0 saturated heterocycles. The third kappa shape index (κ3) is 3.71. The predicted octanol–water partition coefficient (Wildman–Crippen LogP) is 3.23. The zero-order valence-corrected chi connectivity index (χ0v) is 15.8. The summed E-state index contributed by atoms with van der Waals surface area (Å²) in [4.78, 5) is 19.3. The lowest BCUT2D eigenvalue weighted by molar-refractivity contribution is 0.0912. The van der Waals surface area contributed by atoms with Crippen LogP contribution in [0.4, 0.5) is 0 Å². The van der Waals surface area contributed by atoms with Crippen molar-refractivity contribution < 1.29 is 4.79 Å². The second-order valence-electron chi connectivity index (χ2n) is 7.52. The molecule has 3 aromatic rings. The molecule has 6 heteroatoms. The van der Waals surface area contributed by atoms with Crippen LogP contribution >= 0.6 is 0 Å². The van der Waals surface area contributed by atoms with E-state index in [1.54, 1.807) is 6.20 Å². The Morgan fingerprint density at radius 1 is 1.15 bits per heavy atom. The lowest BCUT2D eigenvalue weighted by Gasteiger charge is -2.32. The highest BCUT2D eigenvalue weighted by atomic mass is 16.2. The fraction of sp³-hybridized carbons (Fsp3) is 0.381. The molecule has 1 fully saturated rings. The fourth-order valence-electron chi connectivity index (χ4n) is 3.89. The van der Waals surface area contributed by atoms with Crippen LogP contribution in [0.2, 0.25) is 0 Å². The molecule has 0 bridgehead atoms. The standard InChI is InChI=1S/C21H25N5O/c1-26(2)17-8-6-16(7-9-17)23-21(27)20-18-12-14(5-10-19(18)24-25-20)15-4-3-11-22-13-15/h3-5,10-13,16-17H,6-9H2,1-2H3,(H,23,27)(H,24,25)/t16-,17+. The van der Waals surface area contributed by atoms with Crippen LogP contribution in [0.25, 0.3) is 22.0 Å². The minimum atomic E-state index is -0.0992. The second kappa shape index (κ2) is 7.48. The van der Waals surface area contributed by atoms with E-state index >= 15 is 0 Å². The monoisotopic (exact) mass is 363 g/mol. The normalized spacial score (nSPS) is 20.1. The number of amides is 1. The minimum Gasteiger partial charge on any atom is -0.348 e. The average Bonchev–Trinajstić information content (AvgIpc) is 3.12. The molecule has 0 unspecified atom stereocenters. The quantitative estimate of drug-likeness (QED) is 0.746. The van der Waals surface area contributed by atoms with Crippen molar-refractivity contribution >= 4 is 16.8 Å². The van der Waals surface area contributed by atoms with Crippen molar-refractivity contribution in [2.45, 2.75) is 37.8 Å². The van der Waals surface area contributed by atoms with Gasteiger partial charge in [-0.25, -0.2) is 0 Å². The number of carbonyl (C=O) groups excluding carboxylic acids is 1. The van der Waals surface area contributed by atoms with Gasteiger partial charge in [-0.3, -0.25) is 14.9 Å². The van der Waals surface area contributed by atoms with Gasteiger partial charge in [0.2, 0.25) is 0 Å². The number of pyridine rings is 1. The van der Waals surface area contributed by atoms with Crippen LogP contribution in [-0.2, 0) is 0 Å². The minimum absolute atomic E-state index is 0.0992.